The lowest BCUT2D eigenvalue weighted by atomic mass is 10.0. The number of rotatable bonds is 3. The smallest absolute Gasteiger partial charge is 0.410 e. The Morgan fingerprint density at radius 3 is 2.75 bits per heavy atom. The minimum Gasteiger partial charge on any atom is -0.481 e. The topological polar surface area (TPSA) is 66.8 Å². The van der Waals surface area contributed by atoms with E-state index in [1.165, 1.54) is 0 Å². The Kier molecular flexibility index (Phi) is 3.12. The summed E-state index contributed by atoms with van der Waals surface area (Å²) in [6.45, 7) is 1.36. The minimum atomic E-state index is -0.746. The Morgan fingerprint density at radius 1 is 1.35 bits per heavy atom. The molecule has 1 aliphatic heterocycles. The van der Waals surface area contributed by atoms with Crippen LogP contribution in [0.2, 0.25) is 0 Å². The summed E-state index contributed by atoms with van der Waals surface area (Å²) in [5, 5.41) is 9.02. The zero-order valence-electron chi connectivity index (χ0n) is 11.1. The molecule has 1 N–H and O–H groups in total. The molecule has 1 aromatic carbocycles. The third-order valence-corrected chi connectivity index (χ3v) is 4.34. The van der Waals surface area contributed by atoms with Crippen molar-refractivity contribution in [1.29, 1.82) is 0 Å². The predicted octanol–water partition coefficient (Wildman–Crippen LogP) is 2.12. The maximum atomic E-state index is 12.0. The van der Waals surface area contributed by atoms with Gasteiger partial charge in [-0.3, -0.25) is 4.79 Å². The van der Waals surface area contributed by atoms with E-state index < -0.39 is 5.97 Å². The molecule has 5 heteroatoms. The van der Waals surface area contributed by atoms with E-state index in [1.807, 2.05) is 30.3 Å². The van der Waals surface area contributed by atoms with Crippen LogP contribution in [0, 0.1) is 11.3 Å². The summed E-state index contributed by atoms with van der Waals surface area (Å²) in [5.74, 6) is -1.03. The molecule has 1 aliphatic carbocycles. The molecule has 1 saturated carbocycles. The number of ether oxygens (including phenoxy) is 1. The number of aliphatic carboxylic acids is 1. The molecule has 1 aromatic rings. The number of carboxylic acid groups (broad SMARTS) is 1. The fraction of sp³-hybridized carbons (Fsp3) is 0.467. The van der Waals surface area contributed by atoms with Crippen molar-refractivity contribution in [3.63, 3.8) is 0 Å². The van der Waals surface area contributed by atoms with E-state index in [2.05, 4.69) is 0 Å². The summed E-state index contributed by atoms with van der Waals surface area (Å²) in [6, 6.07) is 9.51. The van der Waals surface area contributed by atoms with E-state index in [-0.39, 0.29) is 24.0 Å². The number of amides is 1. The van der Waals surface area contributed by atoms with Crippen LogP contribution in [0.1, 0.15) is 18.4 Å². The van der Waals surface area contributed by atoms with Gasteiger partial charge in [0.15, 0.2) is 0 Å². The van der Waals surface area contributed by atoms with Crippen molar-refractivity contribution >= 4 is 12.1 Å². The van der Waals surface area contributed by atoms with Gasteiger partial charge in [-0.1, -0.05) is 30.3 Å². The Bertz CT molecular complexity index is 530. The zero-order chi connectivity index (χ0) is 14.2. The third kappa shape index (κ3) is 2.35. The fourth-order valence-electron chi connectivity index (χ4n) is 3.01. The molecule has 0 bridgehead atoms. The molecule has 2 atom stereocenters. The number of carbonyl (C=O) groups is 2. The van der Waals surface area contributed by atoms with E-state index in [1.54, 1.807) is 4.90 Å². The Hall–Kier alpha value is -2.04. The minimum absolute atomic E-state index is 0.183. The van der Waals surface area contributed by atoms with E-state index >= 15 is 0 Å². The molecule has 106 valence electrons. The molecular weight excluding hydrogens is 258 g/mol. The van der Waals surface area contributed by atoms with Crippen molar-refractivity contribution in [1.82, 2.24) is 4.90 Å². The van der Waals surface area contributed by atoms with Crippen LogP contribution >= 0.6 is 0 Å². The van der Waals surface area contributed by atoms with Gasteiger partial charge in [0.2, 0.25) is 0 Å². The Labute approximate surface area is 117 Å². The van der Waals surface area contributed by atoms with Crippen molar-refractivity contribution in [2.75, 3.05) is 13.1 Å². The summed E-state index contributed by atoms with van der Waals surface area (Å²) in [5.41, 5.74) is 0.766. The van der Waals surface area contributed by atoms with Gasteiger partial charge in [-0.25, -0.2) is 4.79 Å². The largest absolute Gasteiger partial charge is 0.481 e. The van der Waals surface area contributed by atoms with Crippen LogP contribution < -0.4 is 0 Å². The normalized spacial score (nSPS) is 27.6. The second-order valence-electron chi connectivity index (χ2n) is 5.67. The van der Waals surface area contributed by atoms with Gasteiger partial charge >= 0.3 is 12.1 Å². The number of carboxylic acids is 1. The molecule has 1 spiro atoms. The molecule has 0 radical (unpaired) electrons. The van der Waals surface area contributed by atoms with Crippen molar-refractivity contribution < 1.29 is 19.4 Å². The molecule has 2 fully saturated rings. The molecule has 2 aliphatic rings. The zero-order valence-corrected chi connectivity index (χ0v) is 11.1. The maximum absolute atomic E-state index is 12.0. The van der Waals surface area contributed by atoms with Crippen molar-refractivity contribution in [3.05, 3.63) is 35.9 Å². The van der Waals surface area contributed by atoms with Crippen molar-refractivity contribution in [3.8, 4) is 0 Å². The first kappa shape index (κ1) is 13.0. The Morgan fingerprint density at radius 2 is 2.10 bits per heavy atom. The molecule has 0 aromatic heterocycles. The molecule has 3 rings (SSSR count). The number of likely N-dealkylation sites (tertiary alicyclic amines) is 1. The maximum Gasteiger partial charge on any atom is 0.410 e. The first-order valence-electron chi connectivity index (χ1n) is 6.79. The van der Waals surface area contributed by atoms with Gasteiger partial charge in [0.05, 0.1) is 5.92 Å². The van der Waals surface area contributed by atoms with Crippen LogP contribution in [0.15, 0.2) is 30.3 Å². The Balaban J connectivity index is 1.51. The standard InChI is InChI=1S/C15H17NO4/c17-13(18)12-8-15(12)6-7-16(10-15)14(19)20-9-11-4-2-1-3-5-11/h1-5,12H,6-10H2,(H,17,18)/t12-,15+/m0/s1. The molecule has 1 amide bonds. The fourth-order valence-corrected chi connectivity index (χ4v) is 3.01. The van der Waals surface area contributed by atoms with Gasteiger partial charge in [-0.15, -0.1) is 0 Å². The molecular formula is C15H17NO4. The highest BCUT2D eigenvalue weighted by atomic mass is 16.6. The molecule has 1 heterocycles. The van der Waals surface area contributed by atoms with Crippen LogP contribution in [-0.4, -0.2) is 35.2 Å². The number of hydrogen-bond acceptors (Lipinski definition) is 3. The van der Waals surface area contributed by atoms with E-state index in [4.69, 9.17) is 9.84 Å². The lowest BCUT2D eigenvalue weighted by molar-refractivity contribution is -0.139. The van der Waals surface area contributed by atoms with E-state index in [0.29, 0.717) is 19.5 Å². The van der Waals surface area contributed by atoms with Gasteiger partial charge in [0.25, 0.3) is 0 Å². The van der Waals surface area contributed by atoms with E-state index in [0.717, 1.165) is 12.0 Å². The lowest BCUT2D eigenvalue weighted by Gasteiger charge is -2.16. The molecule has 20 heavy (non-hydrogen) atoms. The van der Waals surface area contributed by atoms with Gasteiger partial charge in [-0.2, -0.15) is 0 Å². The average molecular weight is 275 g/mol. The highest BCUT2D eigenvalue weighted by Crippen LogP contribution is 2.58. The molecule has 0 unspecified atom stereocenters. The van der Waals surface area contributed by atoms with Crippen LogP contribution in [0.5, 0.6) is 0 Å². The second-order valence-corrected chi connectivity index (χ2v) is 5.67. The monoisotopic (exact) mass is 275 g/mol. The van der Waals surface area contributed by atoms with Gasteiger partial charge < -0.3 is 14.7 Å². The molecule has 1 saturated heterocycles. The summed E-state index contributed by atoms with van der Waals surface area (Å²) in [6.07, 6.45) is 1.11. The van der Waals surface area contributed by atoms with Gasteiger partial charge in [-0.05, 0) is 18.4 Å². The number of carbonyl (C=O) groups excluding carboxylic acids is 1. The van der Waals surface area contributed by atoms with Crippen LogP contribution in [0.3, 0.4) is 0 Å². The van der Waals surface area contributed by atoms with Crippen LogP contribution in [0.4, 0.5) is 4.79 Å². The first-order chi connectivity index (χ1) is 9.61. The number of benzene rings is 1. The highest BCUT2D eigenvalue weighted by Gasteiger charge is 2.61. The van der Waals surface area contributed by atoms with Crippen molar-refractivity contribution in [2.24, 2.45) is 11.3 Å². The lowest BCUT2D eigenvalue weighted by Crippen LogP contribution is -2.30. The summed E-state index contributed by atoms with van der Waals surface area (Å²) < 4.78 is 5.27. The van der Waals surface area contributed by atoms with Crippen molar-refractivity contribution in [2.45, 2.75) is 19.4 Å². The first-order valence-corrected chi connectivity index (χ1v) is 6.79. The molecule has 5 nitrogen and oxygen atoms in total. The van der Waals surface area contributed by atoms with E-state index in [9.17, 15) is 9.59 Å². The highest BCUT2D eigenvalue weighted by molar-refractivity contribution is 5.76. The van der Waals surface area contributed by atoms with Gasteiger partial charge in [0.1, 0.15) is 6.61 Å². The second kappa shape index (κ2) is 4.81. The van der Waals surface area contributed by atoms with Crippen LogP contribution in [0.25, 0.3) is 0 Å². The number of nitrogens with zero attached hydrogens (tertiary/aromatic N) is 1. The predicted molar refractivity (Wildman–Crippen MR) is 71.0 cm³/mol. The quantitative estimate of drug-likeness (QED) is 0.917. The van der Waals surface area contributed by atoms with Gasteiger partial charge in [0, 0.05) is 18.5 Å². The van der Waals surface area contributed by atoms with Crippen LogP contribution in [-0.2, 0) is 16.1 Å². The SMILES string of the molecule is O=C(O)[C@@H]1C[C@@]12CCN(C(=O)OCc1ccccc1)C2. The summed E-state index contributed by atoms with van der Waals surface area (Å²) in [7, 11) is 0. The number of hydrogen-bond donors (Lipinski definition) is 1. The summed E-state index contributed by atoms with van der Waals surface area (Å²) >= 11 is 0. The third-order valence-electron chi connectivity index (χ3n) is 4.34. The average Bonchev–Trinajstić information content (AvgIpc) is 2.99. The summed E-state index contributed by atoms with van der Waals surface area (Å²) in [4.78, 5) is 24.6.